The van der Waals surface area contributed by atoms with Gasteiger partial charge in [0.05, 0.1) is 39.1 Å². The fourth-order valence-corrected chi connectivity index (χ4v) is 8.76. The van der Waals surface area contributed by atoms with Crippen LogP contribution in [0.2, 0.25) is 0 Å². The Labute approximate surface area is 320 Å². The Morgan fingerprint density at radius 1 is 0.357 bits per heavy atom. The van der Waals surface area contributed by atoms with Crippen LogP contribution in [0.4, 0.5) is 0 Å². The number of furan rings is 1. The minimum absolute atomic E-state index is 0.793. The molecule has 0 spiro atoms. The Bertz CT molecular complexity index is 3420. The maximum atomic E-state index is 6.72. The monoisotopic (exact) mass is 717 g/mol. The maximum Gasteiger partial charge on any atom is 0.168 e. The first-order valence-corrected chi connectivity index (χ1v) is 18.8. The van der Waals surface area contributed by atoms with Crippen LogP contribution in [0.5, 0.6) is 0 Å². The molecule has 12 aromatic rings. The van der Waals surface area contributed by atoms with Gasteiger partial charge in [0.1, 0.15) is 5.58 Å². The number of aromatic nitrogens is 5. The molecule has 0 aliphatic carbocycles. The van der Waals surface area contributed by atoms with Crippen molar-refractivity contribution in [3.05, 3.63) is 188 Å². The predicted octanol–water partition coefficient (Wildman–Crippen LogP) is 12.7. The summed E-state index contributed by atoms with van der Waals surface area (Å²) in [5, 5.41) is 16.4. The largest absolute Gasteiger partial charge is 0.454 e. The van der Waals surface area contributed by atoms with Crippen molar-refractivity contribution in [2.45, 2.75) is 0 Å². The van der Waals surface area contributed by atoms with Gasteiger partial charge in [-0.15, -0.1) is 10.2 Å². The molecule has 0 fully saturated rings. The van der Waals surface area contributed by atoms with Crippen molar-refractivity contribution < 1.29 is 4.42 Å². The highest BCUT2D eigenvalue weighted by Gasteiger charge is 2.23. The summed E-state index contributed by atoms with van der Waals surface area (Å²) in [5.74, 6) is 1.59. The first kappa shape index (κ1) is 30.7. The lowest BCUT2D eigenvalue weighted by atomic mass is 10.1. The molecule has 0 aliphatic rings. The summed E-state index contributed by atoms with van der Waals surface area (Å²) in [6.07, 6.45) is 0. The average Bonchev–Trinajstić information content (AvgIpc) is 4.04. The van der Waals surface area contributed by atoms with Gasteiger partial charge in [-0.1, -0.05) is 133 Å². The zero-order chi connectivity index (χ0) is 36.7. The van der Waals surface area contributed by atoms with Gasteiger partial charge >= 0.3 is 0 Å². The minimum atomic E-state index is 0.793. The van der Waals surface area contributed by atoms with Crippen molar-refractivity contribution in [2.24, 2.45) is 0 Å². The van der Waals surface area contributed by atoms with Crippen molar-refractivity contribution in [1.82, 2.24) is 23.9 Å². The molecule has 6 heteroatoms. The maximum absolute atomic E-state index is 6.72. The molecule has 0 atom stereocenters. The van der Waals surface area contributed by atoms with E-state index in [0.717, 1.165) is 100 Å². The average molecular weight is 718 g/mol. The van der Waals surface area contributed by atoms with Crippen molar-refractivity contribution in [1.29, 1.82) is 0 Å². The lowest BCUT2D eigenvalue weighted by molar-refractivity contribution is 0.671. The summed E-state index contributed by atoms with van der Waals surface area (Å²) in [6.45, 7) is 0. The molecule has 8 aromatic carbocycles. The van der Waals surface area contributed by atoms with E-state index in [1.807, 2.05) is 42.5 Å². The molecule has 0 bridgehead atoms. The number of benzene rings is 8. The van der Waals surface area contributed by atoms with Gasteiger partial charge in [-0.05, 0) is 54.6 Å². The van der Waals surface area contributed by atoms with Crippen LogP contribution in [-0.2, 0) is 0 Å². The normalized spacial score (nSPS) is 11.9. The first-order valence-electron chi connectivity index (χ1n) is 18.8. The third-order valence-electron chi connectivity index (χ3n) is 11.2. The van der Waals surface area contributed by atoms with Gasteiger partial charge in [0.25, 0.3) is 0 Å². The minimum Gasteiger partial charge on any atom is -0.454 e. The lowest BCUT2D eigenvalue weighted by Crippen LogP contribution is -2.03. The Kier molecular flexibility index (Phi) is 6.53. The molecule has 0 radical (unpaired) electrons. The van der Waals surface area contributed by atoms with Crippen LogP contribution in [0.1, 0.15) is 0 Å². The van der Waals surface area contributed by atoms with Crippen molar-refractivity contribution in [3.8, 4) is 39.8 Å². The zero-order valence-corrected chi connectivity index (χ0v) is 30.0. The highest BCUT2D eigenvalue weighted by atomic mass is 16.3. The van der Waals surface area contributed by atoms with Gasteiger partial charge < -0.3 is 13.6 Å². The Morgan fingerprint density at radius 2 is 0.875 bits per heavy atom. The second kappa shape index (κ2) is 11.9. The molecule has 0 aliphatic heterocycles. The van der Waals surface area contributed by atoms with Crippen LogP contribution < -0.4 is 0 Å². The van der Waals surface area contributed by atoms with E-state index in [0.29, 0.717) is 0 Å². The second-order valence-corrected chi connectivity index (χ2v) is 14.2. The van der Waals surface area contributed by atoms with E-state index in [-0.39, 0.29) is 0 Å². The number of nitrogens with zero attached hydrogens (tertiary/aromatic N) is 5. The Balaban J connectivity index is 1.14. The summed E-state index contributed by atoms with van der Waals surface area (Å²) >= 11 is 0. The molecule has 0 N–H and O–H groups in total. The smallest absolute Gasteiger partial charge is 0.168 e. The fourth-order valence-electron chi connectivity index (χ4n) is 8.76. The van der Waals surface area contributed by atoms with E-state index >= 15 is 0 Å². The van der Waals surface area contributed by atoms with Gasteiger partial charge in [-0.3, -0.25) is 4.57 Å². The molecule has 56 heavy (non-hydrogen) atoms. The highest BCUT2D eigenvalue weighted by molar-refractivity contribution is 6.21. The van der Waals surface area contributed by atoms with E-state index in [9.17, 15) is 0 Å². The van der Waals surface area contributed by atoms with Gasteiger partial charge in [0.15, 0.2) is 17.2 Å². The molecule has 0 saturated carbocycles. The second-order valence-electron chi connectivity index (χ2n) is 14.2. The molecular formula is C50H31N5O. The van der Waals surface area contributed by atoms with Crippen LogP contribution in [0.25, 0.3) is 105 Å². The number of rotatable bonds is 5. The highest BCUT2D eigenvalue weighted by Crippen LogP contribution is 2.43. The number of hydrogen-bond donors (Lipinski definition) is 0. The lowest BCUT2D eigenvalue weighted by Gasteiger charge is -2.17. The van der Waals surface area contributed by atoms with Crippen molar-refractivity contribution in [3.63, 3.8) is 0 Å². The van der Waals surface area contributed by atoms with Gasteiger partial charge in [0.2, 0.25) is 0 Å². The van der Waals surface area contributed by atoms with E-state index < -0.39 is 0 Å². The number of fused-ring (bicyclic) bond motifs is 10. The zero-order valence-electron chi connectivity index (χ0n) is 30.0. The third kappa shape index (κ3) is 4.38. The van der Waals surface area contributed by atoms with E-state index in [4.69, 9.17) is 14.6 Å². The van der Waals surface area contributed by atoms with Gasteiger partial charge in [-0.2, -0.15) is 0 Å². The molecule has 4 aromatic heterocycles. The summed E-state index contributed by atoms with van der Waals surface area (Å²) in [4.78, 5) is 0. The van der Waals surface area contributed by atoms with Crippen LogP contribution in [0, 0.1) is 0 Å². The predicted molar refractivity (Wildman–Crippen MR) is 228 cm³/mol. The molecular weight excluding hydrogens is 687 g/mol. The topological polar surface area (TPSA) is 53.7 Å². The molecule has 4 heterocycles. The van der Waals surface area contributed by atoms with Gasteiger partial charge in [-0.25, -0.2) is 0 Å². The van der Waals surface area contributed by atoms with E-state index in [2.05, 4.69) is 159 Å². The van der Waals surface area contributed by atoms with Crippen LogP contribution >= 0.6 is 0 Å². The summed E-state index contributed by atoms with van der Waals surface area (Å²) < 4.78 is 13.7. The molecule has 262 valence electrons. The van der Waals surface area contributed by atoms with Crippen molar-refractivity contribution >= 4 is 65.6 Å². The van der Waals surface area contributed by atoms with Crippen molar-refractivity contribution in [2.75, 3.05) is 0 Å². The summed E-state index contributed by atoms with van der Waals surface area (Å²) in [7, 11) is 0. The molecule has 0 amide bonds. The third-order valence-corrected chi connectivity index (χ3v) is 11.2. The SMILES string of the molecule is c1ccc(-c2nnc(-c3ccccc3)n2-c2ccc3c(c2)c2ccccc2n3-c2ccccc2-n2c3ccccc3c3ccc4c5ccccc5oc4c32)cc1. The summed E-state index contributed by atoms with van der Waals surface area (Å²) in [5.41, 5.74) is 11.3. The quantitative estimate of drug-likeness (QED) is 0.178. The van der Waals surface area contributed by atoms with Gasteiger partial charge in [0, 0.05) is 43.4 Å². The molecule has 0 unspecified atom stereocenters. The molecule has 12 rings (SSSR count). The molecule has 0 saturated heterocycles. The van der Waals surface area contributed by atoms with E-state index in [1.165, 1.54) is 5.39 Å². The van der Waals surface area contributed by atoms with E-state index in [1.54, 1.807) is 0 Å². The fraction of sp³-hybridized carbons (Fsp3) is 0. The summed E-state index contributed by atoms with van der Waals surface area (Å²) in [6, 6.07) is 66.2. The first-order chi connectivity index (χ1) is 27.8. The Hall–Kier alpha value is -7.70. The van der Waals surface area contributed by atoms with Crippen LogP contribution in [0.3, 0.4) is 0 Å². The Morgan fingerprint density at radius 3 is 1.57 bits per heavy atom. The number of hydrogen-bond acceptors (Lipinski definition) is 3. The van der Waals surface area contributed by atoms with Crippen LogP contribution in [-0.4, -0.2) is 23.9 Å². The number of para-hydroxylation sites is 5. The van der Waals surface area contributed by atoms with Crippen LogP contribution in [0.15, 0.2) is 192 Å². The standard InChI is InChI=1S/C50H31N5O/c1-3-15-32(16-4-1)49-51-52-50(33-17-5-2-6-18-33)53(49)34-27-30-43-40(31-34)36-20-8-10-22-41(36)54(43)44-24-12-13-25-45(44)55-42-23-11-7-19-35(42)38-28-29-39-37-21-9-14-26-46(37)56-48(39)47(38)55/h1-31H. The molecule has 6 nitrogen and oxygen atoms in total.